The summed E-state index contributed by atoms with van der Waals surface area (Å²) < 4.78 is 8.16. The fraction of sp³-hybridized carbons (Fsp3) is 0.250. The first-order valence-electron chi connectivity index (χ1n) is 12.2. The van der Waals surface area contributed by atoms with Crippen molar-refractivity contribution in [1.82, 2.24) is 29.5 Å². The molecule has 10 heteroatoms. The van der Waals surface area contributed by atoms with Gasteiger partial charge in [-0.1, -0.05) is 37.4 Å². The SMILES string of the molecule is C=C(NC(=O)C(=C)n1cnc2c(-c3ccc4cn(C)nc4c3)cccc2c1=O)C(=O)N(C)C1CCOCC1. The lowest BCUT2D eigenvalue weighted by Crippen LogP contribution is -2.44. The third-order valence-electron chi connectivity index (χ3n) is 6.85. The Morgan fingerprint density at radius 2 is 1.92 bits per heavy atom. The minimum Gasteiger partial charge on any atom is -0.381 e. The number of nitrogens with zero attached hydrogens (tertiary/aromatic N) is 5. The number of hydrogen-bond acceptors (Lipinski definition) is 6. The zero-order valence-electron chi connectivity index (χ0n) is 21.3. The molecule has 38 heavy (non-hydrogen) atoms. The van der Waals surface area contributed by atoms with Crippen LogP contribution in [-0.4, -0.2) is 62.3 Å². The molecule has 0 saturated carbocycles. The van der Waals surface area contributed by atoms with E-state index >= 15 is 0 Å². The Morgan fingerprint density at radius 1 is 1.16 bits per heavy atom. The molecule has 2 amide bonds. The normalized spacial score (nSPS) is 13.9. The summed E-state index contributed by atoms with van der Waals surface area (Å²) in [5, 5.41) is 8.27. The molecule has 5 rings (SSSR count). The highest BCUT2D eigenvalue weighted by Gasteiger charge is 2.25. The Bertz CT molecular complexity index is 1660. The third kappa shape index (κ3) is 4.61. The highest BCUT2D eigenvalue weighted by Crippen LogP contribution is 2.28. The van der Waals surface area contributed by atoms with Gasteiger partial charge in [0.15, 0.2) is 0 Å². The van der Waals surface area contributed by atoms with Gasteiger partial charge in [-0.3, -0.25) is 23.6 Å². The number of aryl methyl sites for hydroxylation is 1. The van der Waals surface area contributed by atoms with Crippen molar-refractivity contribution in [2.24, 2.45) is 7.05 Å². The molecule has 4 aromatic rings. The smallest absolute Gasteiger partial charge is 0.272 e. The van der Waals surface area contributed by atoms with Gasteiger partial charge in [0.25, 0.3) is 17.4 Å². The van der Waals surface area contributed by atoms with Crippen molar-refractivity contribution in [2.45, 2.75) is 18.9 Å². The molecule has 0 spiro atoms. The molecule has 3 heterocycles. The molecule has 0 unspecified atom stereocenters. The van der Waals surface area contributed by atoms with Crippen molar-refractivity contribution in [2.75, 3.05) is 20.3 Å². The van der Waals surface area contributed by atoms with E-state index in [-0.39, 0.29) is 17.4 Å². The van der Waals surface area contributed by atoms with Crippen LogP contribution in [0.3, 0.4) is 0 Å². The topological polar surface area (TPSA) is 111 Å². The highest BCUT2D eigenvalue weighted by atomic mass is 16.5. The van der Waals surface area contributed by atoms with Gasteiger partial charge in [-0.2, -0.15) is 5.10 Å². The molecular formula is C28H28N6O4. The average Bonchev–Trinajstić information content (AvgIpc) is 3.31. The maximum atomic E-state index is 13.4. The summed E-state index contributed by atoms with van der Waals surface area (Å²) in [5.74, 6) is -1.12. The van der Waals surface area contributed by atoms with Gasteiger partial charge in [-0.25, -0.2) is 4.98 Å². The molecule has 1 fully saturated rings. The van der Waals surface area contributed by atoms with E-state index in [1.54, 1.807) is 28.8 Å². The first kappa shape index (κ1) is 25.1. The van der Waals surface area contributed by atoms with Crippen LogP contribution >= 0.6 is 0 Å². The van der Waals surface area contributed by atoms with E-state index in [0.717, 1.165) is 26.6 Å². The predicted octanol–water partition coefficient (Wildman–Crippen LogP) is 2.69. The lowest BCUT2D eigenvalue weighted by molar-refractivity contribution is -0.131. The lowest BCUT2D eigenvalue weighted by Gasteiger charge is -2.31. The zero-order valence-corrected chi connectivity index (χ0v) is 21.3. The first-order valence-corrected chi connectivity index (χ1v) is 12.2. The van der Waals surface area contributed by atoms with Gasteiger partial charge in [0.1, 0.15) is 12.0 Å². The Kier molecular flexibility index (Phi) is 6.64. The summed E-state index contributed by atoms with van der Waals surface area (Å²) in [6, 6.07) is 11.2. The summed E-state index contributed by atoms with van der Waals surface area (Å²) in [4.78, 5) is 45.1. The van der Waals surface area contributed by atoms with Crippen LogP contribution in [0.5, 0.6) is 0 Å². The second-order valence-corrected chi connectivity index (χ2v) is 9.34. The Morgan fingerprint density at radius 3 is 2.68 bits per heavy atom. The first-order chi connectivity index (χ1) is 18.2. The molecule has 1 N–H and O–H groups in total. The Hall–Kier alpha value is -4.57. The summed E-state index contributed by atoms with van der Waals surface area (Å²) in [5.41, 5.74) is 2.24. The molecule has 0 atom stereocenters. The summed E-state index contributed by atoms with van der Waals surface area (Å²) in [6.45, 7) is 8.65. The minimum absolute atomic E-state index is 0.00740. The second kappa shape index (κ2) is 10.1. The highest BCUT2D eigenvalue weighted by molar-refractivity contribution is 6.15. The number of hydrogen-bond donors (Lipinski definition) is 1. The lowest BCUT2D eigenvalue weighted by atomic mass is 10.0. The van der Waals surface area contributed by atoms with Crippen LogP contribution in [0.25, 0.3) is 38.6 Å². The van der Waals surface area contributed by atoms with Gasteiger partial charge >= 0.3 is 0 Å². The van der Waals surface area contributed by atoms with Crippen LogP contribution in [0.15, 0.2) is 72.6 Å². The van der Waals surface area contributed by atoms with E-state index in [9.17, 15) is 14.4 Å². The van der Waals surface area contributed by atoms with Crippen molar-refractivity contribution in [3.05, 3.63) is 78.1 Å². The van der Waals surface area contributed by atoms with Crippen molar-refractivity contribution in [3.8, 4) is 11.1 Å². The van der Waals surface area contributed by atoms with Crippen LogP contribution in [0, 0.1) is 0 Å². The summed E-state index contributed by atoms with van der Waals surface area (Å²) in [7, 11) is 3.53. The average molecular weight is 513 g/mol. The number of aromatic nitrogens is 4. The molecule has 1 aliphatic heterocycles. The van der Waals surface area contributed by atoms with Crippen molar-refractivity contribution in [1.29, 1.82) is 0 Å². The molecule has 0 bridgehead atoms. The number of benzene rings is 2. The van der Waals surface area contributed by atoms with Gasteiger partial charge in [-0.15, -0.1) is 0 Å². The number of ether oxygens (including phenoxy) is 1. The molecule has 1 aliphatic rings. The predicted molar refractivity (Wildman–Crippen MR) is 145 cm³/mol. The van der Waals surface area contributed by atoms with E-state index in [0.29, 0.717) is 37.0 Å². The van der Waals surface area contributed by atoms with Gasteiger partial charge in [0.05, 0.1) is 22.1 Å². The molecule has 10 nitrogen and oxygen atoms in total. The Balaban J connectivity index is 1.38. The van der Waals surface area contributed by atoms with E-state index in [4.69, 9.17) is 4.74 Å². The Labute approximate surface area is 218 Å². The number of fused-ring (bicyclic) bond motifs is 2. The number of amides is 2. The molecule has 2 aromatic heterocycles. The number of nitrogens with one attached hydrogen (secondary N) is 1. The maximum absolute atomic E-state index is 13.4. The fourth-order valence-electron chi connectivity index (χ4n) is 4.71. The molecule has 0 aliphatic carbocycles. The van der Waals surface area contributed by atoms with Gasteiger partial charge < -0.3 is 15.0 Å². The van der Waals surface area contributed by atoms with E-state index in [1.165, 1.54) is 6.33 Å². The van der Waals surface area contributed by atoms with Gasteiger partial charge in [0.2, 0.25) is 0 Å². The number of likely N-dealkylation sites (N-methyl/N-ethyl adjacent to an activating group) is 1. The van der Waals surface area contributed by atoms with Crippen molar-refractivity contribution < 1.29 is 14.3 Å². The van der Waals surface area contributed by atoms with E-state index in [2.05, 4.69) is 28.6 Å². The maximum Gasteiger partial charge on any atom is 0.272 e. The third-order valence-corrected chi connectivity index (χ3v) is 6.85. The minimum atomic E-state index is -0.719. The van der Waals surface area contributed by atoms with Crippen LogP contribution in [-0.2, 0) is 21.4 Å². The molecule has 194 valence electrons. The van der Waals surface area contributed by atoms with E-state index < -0.39 is 17.4 Å². The molecule has 2 aromatic carbocycles. The second-order valence-electron chi connectivity index (χ2n) is 9.34. The van der Waals surface area contributed by atoms with E-state index in [1.807, 2.05) is 37.5 Å². The number of carbonyl (C=O) groups excluding carboxylic acids is 2. The number of carbonyl (C=O) groups is 2. The summed E-state index contributed by atoms with van der Waals surface area (Å²) >= 11 is 0. The molecular weight excluding hydrogens is 484 g/mol. The number of para-hydroxylation sites is 1. The largest absolute Gasteiger partial charge is 0.381 e. The van der Waals surface area contributed by atoms with Crippen LogP contribution in [0.2, 0.25) is 0 Å². The fourth-order valence-corrected chi connectivity index (χ4v) is 4.71. The zero-order chi connectivity index (χ0) is 27.0. The van der Waals surface area contributed by atoms with Crippen molar-refractivity contribution in [3.63, 3.8) is 0 Å². The summed E-state index contributed by atoms with van der Waals surface area (Å²) in [6.07, 6.45) is 4.63. The van der Waals surface area contributed by atoms with Crippen molar-refractivity contribution >= 4 is 39.3 Å². The monoisotopic (exact) mass is 512 g/mol. The van der Waals surface area contributed by atoms with Crippen LogP contribution in [0.4, 0.5) is 0 Å². The van der Waals surface area contributed by atoms with Crippen LogP contribution < -0.4 is 10.9 Å². The number of rotatable bonds is 6. The van der Waals surface area contributed by atoms with Gasteiger partial charge in [0, 0.05) is 50.5 Å². The molecule has 0 radical (unpaired) electrons. The standard InChI is InChI=1S/C28H28N6O4/c1-17(27(36)33(4)21-10-12-38-13-11-21)30-26(35)18(2)34-16-29-25-22(6-5-7-23(25)28(34)37)19-8-9-20-15-32(3)31-24(20)14-19/h5-9,14-16,21H,1-2,10-13H2,3-4H3,(H,30,35). The van der Waals surface area contributed by atoms with Crippen LogP contribution in [0.1, 0.15) is 12.8 Å². The quantitative estimate of drug-likeness (QED) is 0.398. The van der Waals surface area contributed by atoms with Gasteiger partial charge in [-0.05, 0) is 30.5 Å². The molecule has 1 saturated heterocycles.